The van der Waals surface area contributed by atoms with Crippen LogP contribution in [0, 0.1) is 0 Å². The molecule has 0 saturated carbocycles. The highest BCUT2D eigenvalue weighted by atomic mass is 19.5. The zero-order valence-electron chi connectivity index (χ0n) is 8.51. The number of hydrogen-bond donors (Lipinski definition) is 1. The second kappa shape index (κ2) is 4.73. The molecule has 0 spiro atoms. The molecule has 0 unspecified atom stereocenters. The van der Waals surface area contributed by atoms with Crippen molar-refractivity contribution in [1.82, 2.24) is 9.91 Å². The van der Waals surface area contributed by atoms with Gasteiger partial charge in [0.25, 0.3) is 0 Å². The van der Waals surface area contributed by atoms with Crippen LogP contribution in [0.5, 0.6) is 0 Å². The fraction of sp³-hybridized carbons (Fsp3) is 0.429. The van der Waals surface area contributed by atoms with E-state index >= 15 is 0 Å². The summed E-state index contributed by atoms with van der Waals surface area (Å²) in [5.41, 5.74) is 1.54. The molecule has 0 radical (unpaired) electrons. The van der Waals surface area contributed by atoms with Crippen LogP contribution < -0.4 is 5.43 Å². The topological polar surface area (TPSA) is 23.1 Å². The molecule has 92 valence electrons. The number of nitrogens with two attached hydrogens (primary N) is 1. The van der Waals surface area contributed by atoms with Gasteiger partial charge >= 0.3 is 13.2 Å². The van der Waals surface area contributed by atoms with Crippen LogP contribution in [0.25, 0.3) is 0 Å². The van der Waals surface area contributed by atoms with Gasteiger partial charge in [-0.1, -0.05) is 0 Å². The number of fused-ring (bicyclic) bond motifs is 1. The monoisotopic (exact) mass is 243 g/mol. The number of likely N-dealkylation sites (N-methyl/N-ethyl adjacent to an activating group) is 1. The molecule has 0 bridgehead atoms. The molecule has 2 N–H and O–H groups in total. The van der Waals surface area contributed by atoms with Crippen molar-refractivity contribution >= 4 is 7.25 Å². The molecule has 1 saturated heterocycles. The predicted octanol–water partition coefficient (Wildman–Crippen LogP) is 0.678. The summed E-state index contributed by atoms with van der Waals surface area (Å²) in [7, 11) is -3.99. The first kappa shape index (κ1) is 12.8. The van der Waals surface area contributed by atoms with Crippen molar-refractivity contribution in [1.29, 1.82) is 0 Å². The molecule has 16 heavy (non-hydrogen) atoms. The van der Waals surface area contributed by atoms with Gasteiger partial charge in [0.1, 0.15) is 0 Å². The molecular formula is C7H11BF5N3. The Bertz CT molecular complexity index is 308. The number of nitrogens with zero attached hydrogens (tertiary/aromatic N) is 2. The Hall–Kier alpha value is -1.25. The fourth-order valence-corrected chi connectivity index (χ4v) is 1.41. The molecule has 0 amide bonds. The Labute approximate surface area is 89.3 Å². The highest BCUT2D eigenvalue weighted by Gasteiger charge is 2.27. The second-order valence-electron chi connectivity index (χ2n) is 3.32. The van der Waals surface area contributed by atoms with E-state index in [1.165, 1.54) is 6.08 Å². The van der Waals surface area contributed by atoms with Gasteiger partial charge in [-0.15, -0.1) is 4.39 Å². The predicted molar refractivity (Wildman–Crippen MR) is 48.7 cm³/mol. The zero-order valence-corrected chi connectivity index (χ0v) is 8.51. The van der Waals surface area contributed by atoms with Crippen LogP contribution >= 0.6 is 0 Å². The van der Waals surface area contributed by atoms with E-state index in [4.69, 9.17) is 0 Å². The van der Waals surface area contributed by atoms with Gasteiger partial charge in [0.05, 0.1) is 6.54 Å². The van der Waals surface area contributed by atoms with Gasteiger partial charge in [-0.25, -0.2) is 5.01 Å². The molecule has 2 rings (SSSR count). The lowest BCUT2D eigenvalue weighted by molar-refractivity contribution is -0.767. The lowest BCUT2D eigenvalue weighted by atomic mass is 10.3. The summed E-state index contributed by atoms with van der Waals surface area (Å²) < 4.78 is 51.6. The van der Waals surface area contributed by atoms with Crippen molar-refractivity contribution in [2.75, 3.05) is 20.1 Å². The van der Waals surface area contributed by atoms with Crippen LogP contribution in [0.3, 0.4) is 0 Å². The Balaban J connectivity index is 0.000000221. The molecule has 2 aliphatic heterocycles. The minimum atomic E-state index is -6.00. The Kier molecular flexibility index (Phi) is 3.79. The molecule has 2 heterocycles. The second-order valence-corrected chi connectivity index (χ2v) is 3.32. The number of quaternary nitrogens is 1. The first-order chi connectivity index (χ1) is 7.27. The quantitative estimate of drug-likeness (QED) is 0.292. The van der Waals surface area contributed by atoms with E-state index in [1.54, 1.807) is 5.43 Å². The third-order valence-corrected chi connectivity index (χ3v) is 2.03. The van der Waals surface area contributed by atoms with Crippen LogP contribution in [0.4, 0.5) is 21.7 Å². The third-order valence-electron chi connectivity index (χ3n) is 2.03. The summed E-state index contributed by atoms with van der Waals surface area (Å²) in [6.07, 6.45) is 3.30. The molecule has 1 fully saturated rings. The van der Waals surface area contributed by atoms with E-state index in [0.717, 1.165) is 18.9 Å². The number of halogens is 5. The summed E-state index contributed by atoms with van der Waals surface area (Å²) in [5, 5.41) is 1.93. The minimum Gasteiger partial charge on any atom is -0.418 e. The Morgan fingerprint density at radius 3 is 2.31 bits per heavy atom. The van der Waals surface area contributed by atoms with Crippen LogP contribution in [-0.2, 0) is 0 Å². The van der Waals surface area contributed by atoms with E-state index in [9.17, 15) is 21.7 Å². The van der Waals surface area contributed by atoms with Crippen molar-refractivity contribution in [3.05, 3.63) is 23.9 Å². The summed E-state index contributed by atoms with van der Waals surface area (Å²) >= 11 is 0. The minimum absolute atomic E-state index is 0.163. The van der Waals surface area contributed by atoms with Crippen LogP contribution in [0.2, 0.25) is 0 Å². The molecule has 0 aromatic carbocycles. The average molecular weight is 243 g/mol. The summed E-state index contributed by atoms with van der Waals surface area (Å²) in [6.45, 7) is 1.87. The first-order valence-electron chi connectivity index (χ1n) is 4.55. The van der Waals surface area contributed by atoms with Crippen LogP contribution in [0.1, 0.15) is 0 Å². The molecule has 9 heteroatoms. The van der Waals surface area contributed by atoms with Gasteiger partial charge < -0.3 is 22.2 Å². The average Bonchev–Trinajstić information content (AvgIpc) is 2.44. The highest BCUT2D eigenvalue weighted by Crippen LogP contribution is 2.14. The highest BCUT2D eigenvalue weighted by molar-refractivity contribution is 6.50. The molecule has 0 aromatic heterocycles. The van der Waals surface area contributed by atoms with E-state index in [2.05, 4.69) is 4.90 Å². The molecule has 0 aliphatic carbocycles. The molecule has 2 aliphatic rings. The lowest BCUT2D eigenvalue weighted by Crippen LogP contribution is -2.91. The Morgan fingerprint density at radius 2 is 1.75 bits per heavy atom. The van der Waals surface area contributed by atoms with Gasteiger partial charge in [0.2, 0.25) is 0 Å². The fourth-order valence-electron chi connectivity index (χ4n) is 1.41. The van der Waals surface area contributed by atoms with Gasteiger partial charge in [-0.05, 0) is 6.08 Å². The smallest absolute Gasteiger partial charge is 0.418 e. The van der Waals surface area contributed by atoms with Crippen LogP contribution in [0.15, 0.2) is 23.9 Å². The van der Waals surface area contributed by atoms with Gasteiger partial charge in [-0.2, -0.15) is 5.43 Å². The maximum Gasteiger partial charge on any atom is 0.673 e. The normalized spacial score (nSPS) is 19.6. The molecular weight excluding hydrogens is 232 g/mol. The SMILES string of the molecule is CN1CCN2[NH2+]C(F)=CC=C12.F[B-](F)(F)F. The Morgan fingerprint density at radius 1 is 1.19 bits per heavy atom. The number of hydrogen-bond acceptors (Lipinski definition) is 2. The summed E-state index contributed by atoms with van der Waals surface area (Å²) in [5.74, 6) is 0.926. The molecule has 3 nitrogen and oxygen atoms in total. The van der Waals surface area contributed by atoms with Crippen molar-refractivity contribution < 1.29 is 27.1 Å². The van der Waals surface area contributed by atoms with Crippen molar-refractivity contribution in [2.24, 2.45) is 0 Å². The van der Waals surface area contributed by atoms with Crippen molar-refractivity contribution in [3.63, 3.8) is 0 Å². The van der Waals surface area contributed by atoms with E-state index in [1.807, 2.05) is 18.1 Å². The van der Waals surface area contributed by atoms with Gasteiger partial charge in [0, 0.05) is 19.7 Å². The van der Waals surface area contributed by atoms with Gasteiger partial charge in [0.15, 0.2) is 5.82 Å². The largest absolute Gasteiger partial charge is 0.673 e. The standard InChI is InChI=1S/C7H10FN3.BF4/c1-10-4-5-11-7(10)3-2-6(8)9-11;2-1(3,4)5/h2-3,9H,4-5H2,1H3;/q;-1/p+1. The van der Waals surface area contributed by atoms with Crippen molar-refractivity contribution in [2.45, 2.75) is 0 Å². The van der Waals surface area contributed by atoms with E-state index in [0.29, 0.717) is 0 Å². The van der Waals surface area contributed by atoms with Gasteiger partial charge in [-0.3, -0.25) is 0 Å². The lowest BCUT2D eigenvalue weighted by Gasteiger charge is -2.19. The van der Waals surface area contributed by atoms with E-state index < -0.39 is 7.25 Å². The third kappa shape index (κ3) is 4.09. The zero-order chi connectivity index (χ0) is 12.3. The summed E-state index contributed by atoms with van der Waals surface area (Å²) in [4.78, 5) is 2.11. The number of allylic oxidation sites excluding steroid dienone is 2. The number of rotatable bonds is 0. The van der Waals surface area contributed by atoms with Crippen LogP contribution in [-0.4, -0.2) is 37.3 Å². The maximum atomic E-state index is 12.6. The molecule has 0 atom stereocenters. The van der Waals surface area contributed by atoms with E-state index in [-0.39, 0.29) is 5.95 Å². The van der Waals surface area contributed by atoms with Crippen molar-refractivity contribution in [3.8, 4) is 0 Å². The summed E-state index contributed by atoms with van der Waals surface area (Å²) in [6, 6.07) is 0. The maximum absolute atomic E-state index is 12.6. The first-order valence-corrected chi connectivity index (χ1v) is 4.55. The molecule has 0 aromatic rings.